The third kappa shape index (κ3) is 5.94. The van der Waals surface area contributed by atoms with E-state index in [1.807, 2.05) is 55.5 Å². The van der Waals surface area contributed by atoms with Gasteiger partial charge in [-0.05, 0) is 24.5 Å². The van der Waals surface area contributed by atoms with Crippen molar-refractivity contribution < 1.29 is 9.59 Å². The standard InChI is InChI=1S/C25H26N6O2/c1-18-7-6-10-20(13-18)16-31-17-21(15-26-31)27-25(33)22-14-23(30(2)29-22)28-24(32)12-11-19-8-4-3-5-9-19/h3-10,13-15,17H,11-12,16H2,1-2H3,(H,27,33)(H,28,32). The molecule has 0 saturated heterocycles. The van der Waals surface area contributed by atoms with Crippen molar-refractivity contribution in [3.63, 3.8) is 0 Å². The SMILES string of the molecule is Cc1cccc(Cn2cc(NC(=O)c3cc(NC(=O)CCc4ccccc4)n(C)n3)cn2)c1. The molecule has 4 rings (SSSR count). The van der Waals surface area contributed by atoms with E-state index in [-0.39, 0.29) is 17.5 Å². The zero-order chi connectivity index (χ0) is 23.2. The molecule has 0 bridgehead atoms. The highest BCUT2D eigenvalue weighted by Crippen LogP contribution is 2.14. The van der Waals surface area contributed by atoms with Crippen LogP contribution in [0.5, 0.6) is 0 Å². The predicted octanol–water partition coefficient (Wildman–Crippen LogP) is 3.80. The molecular formula is C25H26N6O2. The van der Waals surface area contributed by atoms with E-state index in [1.54, 1.807) is 30.2 Å². The molecule has 2 N–H and O–H groups in total. The lowest BCUT2D eigenvalue weighted by molar-refractivity contribution is -0.116. The summed E-state index contributed by atoms with van der Waals surface area (Å²) in [6, 6.07) is 19.6. The zero-order valence-electron chi connectivity index (χ0n) is 18.7. The van der Waals surface area contributed by atoms with Crippen molar-refractivity contribution in [3.05, 3.63) is 95.4 Å². The number of aryl methyl sites for hydroxylation is 3. The first kappa shape index (κ1) is 22.0. The van der Waals surface area contributed by atoms with Gasteiger partial charge in [-0.3, -0.25) is 19.0 Å². The van der Waals surface area contributed by atoms with Gasteiger partial charge in [0.1, 0.15) is 5.82 Å². The second kappa shape index (κ2) is 9.95. The lowest BCUT2D eigenvalue weighted by atomic mass is 10.1. The molecule has 0 spiro atoms. The Hall–Kier alpha value is -4.20. The normalized spacial score (nSPS) is 10.7. The van der Waals surface area contributed by atoms with Gasteiger partial charge in [-0.25, -0.2) is 0 Å². The Kier molecular flexibility index (Phi) is 6.64. The molecule has 33 heavy (non-hydrogen) atoms. The first-order valence-electron chi connectivity index (χ1n) is 10.7. The first-order valence-corrected chi connectivity index (χ1v) is 10.7. The fourth-order valence-electron chi connectivity index (χ4n) is 3.51. The Bertz CT molecular complexity index is 1260. The molecule has 2 amide bonds. The van der Waals surface area contributed by atoms with Crippen molar-refractivity contribution in [2.24, 2.45) is 7.05 Å². The predicted molar refractivity (Wildman–Crippen MR) is 127 cm³/mol. The summed E-state index contributed by atoms with van der Waals surface area (Å²) >= 11 is 0. The number of rotatable bonds is 8. The van der Waals surface area contributed by atoms with E-state index in [0.29, 0.717) is 30.9 Å². The maximum Gasteiger partial charge on any atom is 0.276 e. The maximum absolute atomic E-state index is 12.7. The van der Waals surface area contributed by atoms with Crippen molar-refractivity contribution in [1.29, 1.82) is 0 Å². The molecule has 0 aliphatic heterocycles. The van der Waals surface area contributed by atoms with Crippen LogP contribution in [0.1, 0.15) is 33.6 Å². The Balaban J connectivity index is 1.33. The lowest BCUT2D eigenvalue weighted by Gasteiger charge is -2.05. The molecule has 0 fully saturated rings. The number of hydrogen-bond donors (Lipinski definition) is 2. The summed E-state index contributed by atoms with van der Waals surface area (Å²) in [6.45, 7) is 2.66. The number of nitrogens with zero attached hydrogens (tertiary/aromatic N) is 4. The van der Waals surface area contributed by atoms with E-state index in [9.17, 15) is 9.59 Å². The third-order valence-corrected chi connectivity index (χ3v) is 5.18. The van der Waals surface area contributed by atoms with E-state index in [4.69, 9.17) is 0 Å². The van der Waals surface area contributed by atoms with Crippen LogP contribution in [0, 0.1) is 6.92 Å². The van der Waals surface area contributed by atoms with Crippen LogP contribution < -0.4 is 10.6 Å². The molecule has 4 aromatic rings. The van der Waals surface area contributed by atoms with Gasteiger partial charge in [0.25, 0.3) is 5.91 Å². The van der Waals surface area contributed by atoms with Crippen LogP contribution in [0.25, 0.3) is 0 Å². The van der Waals surface area contributed by atoms with Gasteiger partial charge in [0.05, 0.1) is 18.4 Å². The molecule has 0 saturated carbocycles. The Morgan fingerprint density at radius 2 is 1.76 bits per heavy atom. The van der Waals surface area contributed by atoms with Crippen LogP contribution in [0.3, 0.4) is 0 Å². The molecule has 0 radical (unpaired) electrons. The van der Waals surface area contributed by atoms with Gasteiger partial charge < -0.3 is 10.6 Å². The van der Waals surface area contributed by atoms with Gasteiger partial charge in [-0.2, -0.15) is 10.2 Å². The summed E-state index contributed by atoms with van der Waals surface area (Å²) in [5.41, 5.74) is 4.20. The molecule has 8 heteroatoms. The summed E-state index contributed by atoms with van der Waals surface area (Å²) in [7, 11) is 1.68. The quantitative estimate of drug-likeness (QED) is 0.434. The molecule has 2 heterocycles. The van der Waals surface area contributed by atoms with Gasteiger partial charge in [-0.1, -0.05) is 60.2 Å². The van der Waals surface area contributed by atoms with Crippen molar-refractivity contribution >= 4 is 23.3 Å². The lowest BCUT2D eigenvalue weighted by Crippen LogP contribution is -2.14. The Labute approximate surface area is 192 Å². The molecule has 168 valence electrons. The van der Waals surface area contributed by atoms with Crippen molar-refractivity contribution in [3.8, 4) is 0 Å². The summed E-state index contributed by atoms with van der Waals surface area (Å²) in [5, 5.41) is 14.2. The number of hydrogen-bond acceptors (Lipinski definition) is 4. The number of amides is 2. The highest BCUT2D eigenvalue weighted by atomic mass is 16.2. The Morgan fingerprint density at radius 1 is 0.970 bits per heavy atom. The van der Waals surface area contributed by atoms with Gasteiger partial charge in [-0.15, -0.1) is 0 Å². The number of benzene rings is 2. The summed E-state index contributed by atoms with van der Waals surface area (Å²) in [5.74, 6) is -0.0370. The fraction of sp³-hybridized carbons (Fsp3) is 0.200. The molecule has 8 nitrogen and oxygen atoms in total. The maximum atomic E-state index is 12.7. The van der Waals surface area contributed by atoms with Crippen molar-refractivity contribution in [1.82, 2.24) is 19.6 Å². The van der Waals surface area contributed by atoms with Crippen LogP contribution >= 0.6 is 0 Å². The van der Waals surface area contributed by atoms with Crippen LogP contribution in [0.15, 0.2) is 73.1 Å². The van der Waals surface area contributed by atoms with Crippen LogP contribution in [-0.4, -0.2) is 31.4 Å². The average Bonchev–Trinajstić information content (AvgIpc) is 3.39. The number of anilines is 2. The number of nitrogens with one attached hydrogen (secondary N) is 2. The monoisotopic (exact) mass is 442 g/mol. The highest BCUT2D eigenvalue weighted by molar-refractivity contribution is 6.03. The minimum Gasteiger partial charge on any atom is -0.318 e. The third-order valence-electron chi connectivity index (χ3n) is 5.18. The molecule has 0 unspecified atom stereocenters. The van der Waals surface area contributed by atoms with Crippen LogP contribution in [0.4, 0.5) is 11.5 Å². The van der Waals surface area contributed by atoms with Gasteiger partial charge in [0.15, 0.2) is 5.69 Å². The Morgan fingerprint density at radius 3 is 2.55 bits per heavy atom. The van der Waals surface area contributed by atoms with Crippen LogP contribution in [0.2, 0.25) is 0 Å². The molecule has 0 atom stereocenters. The zero-order valence-corrected chi connectivity index (χ0v) is 18.7. The highest BCUT2D eigenvalue weighted by Gasteiger charge is 2.15. The van der Waals surface area contributed by atoms with E-state index in [0.717, 1.165) is 11.1 Å². The van der Waals surface area contributed by atoms with Crippen molar-refractivity contribution in [2.45, 2.75) is 26.3 Å². The molecular weight excluding hydrogens is 416 g/mol. The number of carbonyl (C=O) groups is 2. The van der Waals surface area contributed by atoms with Gasteiger partial charge >= 0.3 is 0 Å². The van der Waals surface area contributed by atoms with E-state index in [2.05, 4.69) is 26.9 Å². The summed E-state index contributed by atoms with van der Waals surface area (Å²) in [4.78, 5) is 25.0. The van der Waals surface area contributed by atoms with Crippen molar-refractivity contribution in [2.75, 3.05) is 10.6 Å². The largest absolute Gasteiger partial charge is 0.318 e. The second-order valence-electron chi connectivity index (χ2n) is 7.94. The average molecular weight is 443 g/mol. The smallest absolute Gasteiger partial charge is 0.276 e. The molecule has 2 aromatic heterocycles. The first-order chi connectivity index (χ1) is 16.0. The van der Waals surface area contributed by atoms with Gasteiger partial charge in [0.2, 0.25) is 5.91 Å². The summed E-state index contributed by atoms with van der Waals surface area (Å²) in [6.07, 6.45) is 4.36. The molecule has 0 aliphatic rings. The van der Waals surface area contributed by atoms with Crippen LogP contribution in [-0.2, 0) is 24.8 Å². The molecule has 2 aromatic carbocycles. The van der Waals surface area contributed by atoms with E-state index >= 15 is 0 Å². The van der Waals surface area contributed by atoms with E-state index < -0.39 is 0 Å². The van der Waals surface area contributed by atoms with Gasteiger partial charge in [0, 0.05) is 25.7 Å². The number of carbonyl (C=O) groups excluding carboxylic acids is 2. The topological polar surface area (TPSA) is 93.8 Å². The summed E-state index contributed by atoms with van der Waals surface area (Å²) < 4.78 is 3.25. The fourth-order valence-corrected chi connectivity index (χ4v) is 3.51. The number of aromatic nitrogens is 4. The molecule has 0 aliphatic carbocycles. The second-order valence-corrected chi connectivity index (χ2v) is 7.94. The minimum atomic E-state index is -0.370. The minimum absolute atomic E-state index is 0.133. The van der Waals surface area contributed by atoms with E-state index in [1.165, 1.54) is 10.2 Å².